The third kappa shape index (κ3) is 4.54. The molecule has 138 valence electrons. The fourth-order valence-electron chi connectivity index (χ4n) is 2.47. The van der Waals surface area contributed by atoms with Gasteiger partial charge in [-0.3, -0.25) is 15.0 Å². The van der Waals surface area contributed by atoms with Gasteiger partial charge in [-0.25, -0.2) is 13.9 Å². The van der Waals surface area contributed by atoms with Crippen LogP contribution in [0.5, 0.6) is 0 Å². The number of aromatic nitrogens is 1. The van der Waals surface area contributed by atoms with E-state index in [1.165, 1.54) is 24.4 Å². The molecular formula is C18H21N3O4S. The van der Waals surface area contributed by atoms with Gasteiger partial charge in [-0.2, -0.15) is 4.31 Å². The minimum atomic E-state index is -4.01. The van der Waals surface area contributed by atoms with Gasteiger partial charge in [-0.1, -0.05) is 29.8 Å². The summed E-state index contributed by atoms with van der Waals surface area (Å²) in [5, 5.41) is 9.05. The van der Waals surface area contributed by atoms with Gasteiger partial charge in [0.1, 0.15) is 6.04 Å². The molecule has 0 saturated heterocycles. The van der Waals surface area contributed by atoms with Crippen molar-refractivity contribution in [2.24, 2.45) is 0 Å². The van der Waals surface area contributed by atoms with Crippen LogP contribution in [0.15, 0.2) is 66.3 Å². The Kier molecular flexibility index (Phi) is 6.62. The van der Waals surface area contributed by atoms with Gasteiger partial charge in [0.2, 0.25) is 10.0 Å². The lowest BCUT2D eigenvalue weighted by atomic mass is 10.2. The first kappa shape index (κ1) is 19.8. The average molecular weight is 375 g/mol. The first-order valence-electron chi connectivity index (χ1n) is 7.92. The summed E-state index contributed by atoms with van der Waals surface area (Å²) in [6.07, 6.45) is 4.57. The van der Waals surface area contributed by atoms with Crippen LogP contribution in [0, 0.1) is 6.92 Å². The maximum absolute atomic E-state index is 13.2. The van der Waals surface area contributed by atoms with Gasteiger partial charge in [-0.15, -0.1) is 6.58 Å². The molecule has 1 atom stereocenters. The minimum absolute atomic E-state index is 0.0394. The monoisotopic (exact) mass is 375 g/mol. The Morgan fingerprint density at radius 2 is 2.04 bits per heavy atom. The standard InChI is InChI=1S/C18H21N3O4S/c1-3-5-17(18(22)20-23)21(13-15-6-4-11-19-12-15)26(24,25)16-9-7-14(2)8-10-16/h3-4,6-12,17,23H,1,5,13H2,2H3,(H,20,22)/t17-/m0/s1. The van der Waals surface area contributed by atoms with Crippen molar-refractivity contribution in [1.82, 2.24) is 14.8 Å². The van der Waals surface area contributed by atoms with Crippen LogP contribution in [-0.4, -0.2) is 34.9 Å². The van der Waals surface area contributed by atoms with Gasteiger partial charge in [-0.05, 0) is 37.1 Å². The molecule has 0 saturated carbocycles. The van der Waals surface area contributed by atoms with E-state index in [1.54, 1.807) is 35.9 Å². The third-order valence-corrected chi connectivity index (χ3v) is 5.71. The molecule has 7 nitrogen and oxygen atoms in total. The summed E-state index contributed by atoms with van der Waals surface area (Å²) in [5.41, 5.74) is 3.07. The number of nitrogens with one attached hydrogen (secondary N) is 1. The van der Waals surface area contributed by atoms with Crippen molar-refractivity contribution in [3.8, 4) is 0 Å². The molecule has 2 rings (SSSR count). The molecule has 0 aliphatic heterocycles. The molecule has 2 aromatic rings. The second-order valence-electron chi connectivity index (χ2n) is 5.74. The number of hydrogen-bond acceptors (Lipinski definition) is 5. The Balaban J connectivity index is 2.52. The summed E-state index contributed by atoms with van der Waals surface area (Å²) in [4.78, 5) is 16.2. The van der Waals surface area contributed by atoms with E-state index in [0.717, 1.165) is 9.87 Å². The van der Waals surface area contributed by atoms with Crippen molar-refractivity contribution in [3.63, 3.8) is 0 Å². The molecule has 0 fully saturated rings. The lowest BCUT2D eigenvalue weighted by Gasteiger charge is -2.29. The van der Waals surface area contributed by atoms with Gasteiger partial charge < -0.3 is 0 Å². The van der Waals surface area contributed by atoms with E-state index in [-0.39, 0.29) is 17.9 Å². The molecule has 0 bridgehead atoms. The van der Waals surface area contributed by atoms with Crippen LogP contribution in [0.25, 0.3) is 0 Å². The van der Waals surface area contributed by atoms with Crippen LogP contribution in [0.1, 0.15) is 17.5 Å². The van der Waals surface area contributed by atoms with Gasteiger partial charge in [0.05, 0.1) is 4.90 Å². The van der Waals surface area contributed by atoms with Crippen LogP contribution < -0.4 is 5.48 Å². The number of carbonyl (C=O) groups is 1. The second-order valence-corrected chi connectivity index (χ2v) is 7.63. The molecule has 0 unspecified atom stereocenters. The molecule has 0 aliphatic carbocycles. The first-order chi connectivity index (χ1) is 12.4. The lowest BCUT2D eigenvalue weighted by molar-refractivity contribution is -0.133. The highest BCUT2D eigenvalue weighted by Gasteiger charge is 2.35. The number of pyridine rings is 1. The van der Waals surface area contributed by atoms with Gasteiger partial charge in [0, 0.05) is 18.9 Å². The van der Waals surface area contributed by atoms with Crippen LogP contribution in [0.2, 0.25) is 0 Å². The van der Waals surface area contributed by atoms with Crippen LogP contribution >= 0.6 is 0 Å². The zero-order valence-corrected chi connectivity index (χ0v) is 15.2. The molecule has 2 N–H and O–H groups in total. The summed E-state index contributed by atoms with van der Waals surface area (Å²) in [6.45, 7) is 5.35. The summed E-state index contributed by atoms with van der Waals surface area (Å²) in [6, 6.07) is 8.59. The Morgan fingerprint density at radius 3 is 2.58 bits per heavy atom. The highest BCUT2D eigenvalue weighted by Crippen LogP contribution is 2.23. The molecule has 0 aliphatic rings. The molecule has 1 aromatic carbocycles. The van der Waals surface area contributed by atoms with Crippen molar-refractivity contribution >= 4 is 15.9 Å². The van der Waals surface area contributed by atoms with Crippen LogP contribution in [0.4, 0.5) is 0 Å². The van der Waals surface area contributed by atoms with E-state index in [2.05, 4.69) is 11.6 Å². The smallest absolute Gasteiger partial charge is 0.262 e. The first-order valence-corrected chi connectivity index (χ1v) is 9.36. The fourth-order valence-corrected chi connectivity index (χ4v) is 4.05. The maximum Gasteiger partial charge on any atom is 0.262 e. The second kappa shape index (κ2) is 8.70. The fraction of sp³-hybridized carbons (Fsp3) is 0.222. The molecule has 0 spiro atoms. The molecule has 1 amide bonds. The zero-order chi connectivity index (χ0) is 19.2. The van der Waals surface area contributed by atoms with Crippen molar-refractivity contribution in [1.29, 1.82) is 0 Å². The number of benzene rings is 1. The van der Waals surface area contributed by atoms with Crippen molar-refractivity contribution in [3.05, 3.63) is 72.6 Å². The van der Waals surface area contributed by atoms with Gasteiger partial charge in [0.25, 0.3) is 5.91 Å². The number of hydroxylamine groups is 1. The quantitative estimate of drug-likeness (QED) is 0.418. The predicted molar refractivity (Wildman–Crippen MR) is 96.7 cm³/mol. The Labute approximate surface area is 153 Å². The Bertz CT molecular complexity index is 852. The van der Waals surface area contributed by atoms with Gasteiger partial charge >= 0.3 is 0 Å². The predicted octanol–water partition coefficient (Wildman–Crippen LogP) is 2.03. The number of nitrogens with zero attached hydrogens (tertiary/aromatic N) is 2. The molecular weight excluding hydrogens is 354 g/mol. The largest absolute Gasteiger partial charge is 0.289 e. The highest BCUT2D eigenvalue weighted by atomic mass is 32.2. The lowest BCUT2D eigenvalue weighted by Crippen LogP contribution is -2.48. The van der Waals surface area contributed by atoms with E-state index in [9.17, 15) is 13.2 Å². The molecule has 26 heavy (non-hydrogen) atoms. The summed E-state index contributed by atoms with van der Waals surface area (Å²) >= 11 is 0. The maximum atomic E-state index is 13.2. The van der Waals surface area contributed by atoms with E-state index in [4.69, 9.17) is 5.21 Å². The zero-order valence-electron chi connectivity index (χ0n) is 14.4. The minimum Gasteiger partial charge on any atom is -0.289 e. The van der Waals surface area contributed by atoms with Crippen molar-refractivity contribution < 1.29 is 18.4 Å². The topological polar surface area (TPSA) is 99.6 Å². The number of amides is 1. The third-order valence-electron chi connectivity index (χ3n) is 3.84. The number of carbonyl (C=O) groups excluding carboxylic acids is 1. The number of sulfonamides is 1. The average Bonchev–Trinajstić information content (AvgIpc) is 2.65. The Morgan fingerprint density at radius 1 is 1.35 bits per heavy atom. The van der Waals surface area contributed by atoms with E-state index in [0.29, 0.717) is 5.56 Å². The normalized spacial score (nSPS) is 12.6. The molecule has 1 aromatic heterocycles. The SMILES string of the molecule is C=CC[C@@H](C(=O)NO)N(Cc1cccnc1)S(=O)(=O)c1ccc(C)cc1. The number of aryl methyl sites for hydroxylation is 1. The highest BCUT2D eigenvalue weighted by molar-refractivity contribution is 7.89. The number of hydrogen-bond donors (Lipinski definition) is 2. The molecule has 8 heteroatoms. The molecule has 1 heterocycles. The van der Waals surface area contributed by atoms with Crippen LogP contribution in [0.3, 0.4) is 0 Å². The van der Waals surface area contributed by atoms with E-state index < -0.39 is 22.0 Å². The van der Waals surface area contributed by atoms with Crippen molar-refractivity contribution in [2.45, 2.75) is 30.8 Å². The van der Waals surface area contributed by atoms with E-state index in [1.807, 2.05) is 6.92 Å². The van der Waals surface area contributed by atoms with Crippen LogP contribution in [-0.2, 0) is 21.4 Å². The Hall–Kier alpha value is -2.55. The summed E-state index contributed by atoms with van der Waals surface area (Å²) < 4.78 is 27.4. The molecule has 0 radical (unpaired) electrons. The van der Waals surface area contributed by atoms with E-state index >= 15 is 0 Å². The van der Waals surface area contributed by atoms with Crippen molar-refractivity contribution in [2.75, 3.05) is 0 Å². The van der Waals surface area contributed by atoms with Gasteiger partial charge in [0.15, 0.2) is 0 Å². The summed E-state index contributed by atoms with van der Waals surface area (Å²) in [5.74, 6) is -0.829. The summed E-state index contributed by atoms with van der Waals surface area (Å²) in [7, 11) is -4.01. The number of rotatable bonds is 8.